The molecule has 1 aliphatic rings. The van der Waals surface area contributed by atoms with E-state index in [1.165, 1.54) is 0 Å². The van der Waals surface area contributed by atoms with Crippen LogP contribution in [0.5, 0.6) is 5.88 Å². The van der Waals surface area contributed by atoms with Gasteiger partial charge in [0.2, 0.25) is 11.8 Å². The van der Waals surface area contributed by atoms with Gasteiger partial charge in [0, 0.05) is 18.8 Å². The molecular weight excluding hydrogens is 364 g/mol. The predicted octanol–water partition coefficient (Wildman–Crippen LogP) is 3.66. The molecule has 6 heteroatoms. The molecule has 3 heterocycles. The van der Waals surface area contributed by atoms with E-state index in [1.807, 2.05) is 54.6 Å². The minimum Gasteiger partial charge on any atom is -0.473 e. The van der Waals surface area contributed by atoms with Crippen LogP contribution in [-0.2, 0) is 17.9 Å². The van der Waals surface area contributed by atoms with Crippen LogP contribution in [0.25, 0.3) is 0 Å². The number of anilines is 1. The third-order valence-electron chi connectivity index (χ3n) is 4.99. The summed E-state index contributed by atoms with van der Waals surface area (Å²) in [5.74, 6) is 0.530. The van der Waals surface area contributed by atoms with Crippen LogP contribution in [0.3, 0.4) is 0 Å². The number of carbonyl (C=O) groups is 1. The van der Waals surface area contributed by atoms with Gasteiger partial charge >= 0.3 is 0 Å². The molecule has 3 aromatic rings. The molecule has 0 radical (unpaired) electrons. The molecule has 29 heavy (non-hydrogen) atoms. The minimum atomic E-state index is -0.147. The number of hydrogen-bond donors (Lipinski definition) is 1. The number of carbonyl (C=O) groups excluding carboxylic acids is 1. The normalized spacial score (nSPS) is 16.5. The van der Waals surface area contributed by atoms with Crippen molar-refractivity contribution < 1.29 is 9.53 Å². The number of rotatable bonds is 7. The number of amides is 1. The SMILES string of the molecule is O=C(Nc1ccc(OCc2ccccc2)nc1)C1CCCN1Cc1ccccn1. The molecule has 2 aromatic heterocycles. The lowest BCUT2D eigenvalue weighted by Gasteiger charge is -2.23. The first-order valence-corrected chi connectivity index (χ1v) is 9.85. The Morgan fingerprint density at radius 3 is 2.69 bits per heavy atom. The Labute approximate surface area is 170 Å². The highest BCUT2D eigenvalue weighted by Gasteiger charge is 2.30. The Morgan fingerprint density at radius 2 is 1.93 bits per heavy atom. The van der Waals surface area contributed by atoms with E-state index >= 15 is 0 Å². The first kappa shape index (κ1) is 19.1. The van der Waals surface area contributed by atoms with Crippen LogP contribution in [0, 0.1) is 0 Å². The third-order valence-corrected chi connectivity index (χ3v) is 4.99. The molecule has 1 amide bonds. The van der Waals surface area contributed by atoms with Crippen LogP contribution < -0.4 is 10.1 Å². The zero-order valence-corrected chi connectivity index (χ0v) is 16.2. The second-order valence-electron chi connectivity index (χ2n) is 7.10. The van der Waals surface area contributed by atoms with Gasteiger partial charge in [-0.25, -0.2) is 4.98 Å². The molecule has 1 aromatic carbocycles. The van der Waals surface area contributed by atoms with Gasteiger partial charge in [0.05, 0.1) is 23.6 Å². The second kappa shape index (κ2) is 9.30. The second-order valence-corrected chi connectivity index (χ2v) is 7.10. The van der Waals surface area contributed by atoms with Crippen molar-refractivity contribution in [2.75, 3.05) is 11.9 Å². The van der Waals surface area contributed by atoms with Gasteiger partial charge in [-0.3, -0.25) is 14.7 Å². The van der Waals surface area contributed by atoms with Crippen molar-refractivity contribution in [1.82, 2.24) is 14.9 Å². The third kappa shape index (κ3) is 5.18. The van der Waals surface area contributed by atoms with Crippen molar-refractivity contribution in [3.63, 3.8) is 0 Å². The summed E-state index contributed by atoms with van der Waals surface area (Å²) in [4.78, 5) is 23.6. The highest BCUT2D eigenvalue weighted by molar-refractivity contribution is 5.94. The predicted molar refractivity (Wildman–Crippen MR) is 111 cm³/mol. The van der Waals surface area contributed by atoms with E-state index in [2.05, 4.69) is 20.2 Å². The number of nitrogens with one attached hydrogen (secondary N) is 1. The molecule has 6 nitrogen and oxygen atoms in total. The largest absolute Gasteiger partial charge is 0.473 e. The molecule has 1 fully saturated rings. The van der Waals surface area contributed by atoms with Gasteiger partial charge in [-0.05, 0) is 43.1 Å². The number of ether oxygens (including phenoxy) is 1. The Bertz CT molecular complexity index is 917. The molecule has 0 aliphatic carbocycles. The van der Waals surface area contributed by atoms with Crippen LogP contribution in [0.1, 0.15) is 24.1 Å². The topological polar surface area (TPSA) is 67.3 Å². The zero-order chi connectivity index (χ0) is 19.9. The standard InChI is InChI=1S/C23H24N4O2/c28-23(21-10-6-14-27(21)16-20-9-4-5-13-24-20)26-19-11-12-22(25-15-19)29-17-18-7-2-1-3-8-18/h1-5,7-9,11-13,15,21H,6,10,14,16-17H2,(H,26,28). The van der Waals surface area contributed by atoms with E-state index in [0.717, 1.165) is 30.6 Å². The van der Waals surface area contributed by atoms with E-state index in [0.29, 0.717) is 24.7 Å². The molecule has 1 atom stereocenters. The summed E-state index contributed by atoms with van der Waals surface area (Å²) in [6.07, 6.45) is 5.28. The molecule has 4 rings (SSSR count). The Morgan fingerprint density at radius 1 is 1.07 bits per heavy atom. The van der Waals surface area contributed by atoms with Crippen LogP contribution in [0.2, 0.25) is 0 Å². The molecule has 148 valence electrons. The first-order chi connectivity index (χ1) is 14.3. The Hall–Kier alpha value is -3.25. The summed E-state index contributed by atoms with van der Waals surface area (Å²) in [6.45, 7) is 2.05. The van der Waals surface area contributed by atoms with Crippen molar-refractivity contribution >= 4 is 11.6 Å². The fourth-order valence-electron chi connectivity index (χ4n) is 3.51. The summed E-state index contributed by atoms with van der Waals surface area (Å²) in [5.41, 5.74) is 2.74. The van der Waals surface area contributed by atoms with E-state index in [1.54, 1.807) is 18.5 Å². The summed E-state index contributed by atoms with van der Waals surface area (Å²) >= 11 is 0. The summed E-state index contributed by atoms with van der Waals surface area (Å²) in [5, 5.41) is 2.98. The summed E-state index contributed by atoms with van der Waals surface area (Å²) < 4.78 is 5.70. The van der Waals surface area contributed by atoms with E-state index in [9.17, 15) is 4.79 Å². The minimum absolute atomic E-state index is 0.00168. The van der Waals surface area contributed by atoms with E-state index in [-0.39, 0.29) is 11.9 Å². The average Bonchev–Trinajstić information content (AvgIpc) is 3.23. The van der Waals surface area contributed by atoms with Gasteiger partial charge in [-0.2, -0.15) is 0 Å². The van der Waals surface area contributed by atoms with Crippen molar-refractivity contribution in [2.45, 2.75) is 32.0 Å². The van der Waals surface area contributed by atoms with E-state index in [4.69, 9.17) is 4.74 Å². The Balaban J connectivity index is 1.31. The lowest BCUT2D eigenvalue weighted by Crippen LogP contribution is -2.39. The lowest BCUT2D eigenvalue weighted by molar-refractivity contribution is -0.120. The van der Waals surface area contributed by atoms with Crippen molar-refractivity contribution in [1.29, 1.82) is 0 Å². The number of pyridine rings is 2. The molecule has 0 bridgehead atoms. The molecule has 1 saturated heterocycles. The van der Waals surface area contributed by atoms with Crippen LogP contribution in [-0.4, -0.2) is 33.4 Å². The van der Waals surface area contributed by atoms with Gasteiger partial charge in [0.25, 0.3) is 0 Å². The van der Waals surface area contributed by atoms with Crippen molar-refractivity contribution in [2.24, 2.45) is 0 Å². The summed E-state index contributed by atoms with van der Waals surface area (Å²) in [6, 6.07) is 19.3. The maximum absolute atomic E-state index is 12.8. The summed E-state index contributed by atoms with van der Waals surface area (Å²) in [7, 11) is 0. The van der Waals surface area contributed by atoms with Gasteiger partial charge in [-0.15, -0.1) is 0 Å². The molecular formula is C23H24N4O2. The number of benzene rings is 1. The highest BCUT2D eigenvalue weighted by Crippen LogP contribution is 2.21. The quantitative estimate of drug-likeness (QED) is 0.669. The molecule has 0 saturated carbocycles. The fraction of sp³-hybridized carbons (Fsp3) is 0.261. The number of likely N-dealkylation sites (tertiary alicyclic amines) is 1. The van der Waals surface area contributed by atoms with Gasteiger partial charge in [-0.1, -0.05) is 36.4 Å². The molecule has 1 unspecified atom stereocenters. The number of hydrogen-bond acceptors (Lipinski definition) is 5. The molecule has 0 spiro atoms. The van der Waals surface area contributed by atoms with Gasteiger partial charge in [0.1, 0.15) is 6.61 Å². The smallest absolute Gasteiger partial charge is 0.241 e. The molecule has 1 aliphatic heterocycles. The molecule has 1 N–H and O–H groups in total. The van der Waals surface area contributed by atoms with Gasteiger partial charge in [0.15, 0.2) is 0 Å². The monoisotopic (exact) mass is 388 g/mol. The van der Waals surface area contributed by atoms with Crippen molar-refractivity contribution in [3.05, 3.63) is 84.3 Å². The maximum Gasteiger partial charge on any atom is 0.241 e. The number of nitrogens with zero attached hydrogens (tertiary/aromatic N) is 3. The fourth-order valence-corrected chi connectivity index (χ4v) is 3.51. The zero-order valence-electron chi connectivity index (χ0n) is 16.2. The van der Waals surface area contributed by atoms with Crippen molar-refractivity contribution in [3.8, 4) is 5.88 Å². The van der Waals surface area contributed by atoms with Crippen LogP contribution in [0.4, 0.5) is 5.69 Å². The maximum atomic E-state index is 12.8. The lowest BCUT2D eigenvalue weighted by atomic mass is 10.2. The number of aromatic nitrogens is 2. The highest BCUT2D eigenvalue weighted by atomic mass is 16.5. The first-order valence-electron chi connectivity index (χ1n) is 9.85. The Kier molecular flexibility index (Phi) is 6.12. The van der Waals surface area contributed by atoms with Gasteiger partial charge < -0.3 is 10.1 Å². The van der Waals surface area contributed by atoms with E-state index < -0.39 is 0 Å². The van der Waals surface area contributed by atoms with Crippen LogP contribution >= 0.6 is 0 Å². The van der Waals surface area contributed by atoms with Crippen LogP contribution in [0.15, 0.2) is 73.1 Å². The average molecular weight is 388 g/mol.